The van der Waals surface area contributed by atoms with Crippen molar-refractivity contribution in [2.24, 2.45) is 11.7 Å². The van der Waals surface area contributed by atoms with Gasteiger partial charge in [-0.3, -0.25) is 14.6 Å². The Labute approximate surface area is 99.7 Å². The Kier molecular flexibility index (Phi) is 4.78. The number of hydrogen-bond donors (Lipinski definition) is 2. The van der Waals surface area contributed by atoms with Crippen LogP contribution in [-0.2, 0) is 4.79 Å². The summed E-state index contributed by atoms with van der Waals surface area (Å²) in [6.07, 6.45) is 2.27. The summed E-state index contributed by atoms with van der Waals surface area (Å²) in [5.41, 5.74) is 5.86. The average molecular weight is 236 g/mol. The lowest BCUT2D eigenvalue weighted by molar-refractivity contribution is -0.139. The number of carbonyl (C=O) groups is 2. The lowest BCUT2D eigenvalue weighted by Gasteiger charge is -2.14. The van der Waals surface area contributed by atoms with E-state index in [1.165, 1.54) is 0 Å². The van der Waals surface area contributed by atoms with Crippen molar-refractivity contribution in [3.8, 4) is 0 Å². The van der Waals surface area contributed by atoms with Gasteiger partial charge in [-0.25, -0.2) is 0 Å². The topological polar surface area (TPSA) is 93.3 Å². The van der Waals surface area contributed by atoms with E-state index in [1.807, 2.05) is 0 Å². The Morgan fingerprint density at radius 1 is 1.47 bits per heavy atom. The molecule has 0 amide bonds. The normalized spacial score (nSPS) is 14.0. The number of nitrogens with two attached hydrogens (primary N) is 1. The van der Waals surface area contributed by atoms with Gasteiger partial charge in [-0.2, -0.15) is 0 Å². The summed E-state index contributed by atoms with van der Waals surface area (Å²) in [4.78, 5) is 26.3. The number of ketones is 1. The van der Waals surface area contributed by atoms with E-state index in [1.54, 1.807) is 31.3 Å². The molecule has 0 saturated carbocycles. The molecule has 3 N–H and O–H groups in total. The standard InChI is InChI=1S/C12H16N2O3/c1-8(11(13)12(16)17)5-6-10(15)9-4-2-3-7-14-9/h2-4,7-8,11H,5-6,13H2,1H3,(H,16,17)/t8-,11-/m0/s1. The molecular weight excluding hydrogens is 220 g/mol. The lowest BCUT2D eigenvalue weighted by Crippen LogP contribution is -2.36. The number of carbonyl (C=O) groups excluding carboxylic acids is 1. The summed E-state index contributed by atoms with van der Waals surface area (Å²) in [5.74, 6) is -1.36. The molecule has 0 radical (unpaired) electrons. The molecular formula is C12H16N2O3. The van der Waals surface area contributed by atoms with Gasteiger partial charge in [-0.05, 0) is 24.5 Å². The quantitative estimate of drug-likeness (QED) is 0.721. The van der Waals surface area contributed by atoms with Crippen LogP contribution in [0.4, 0.5) is 0 Å². The number of nitrogens with zero attached hydrogens (tertiary/aromatic N) is 1. The predicted molar refractivity (Wildman–Crippen MR) is 62.6 cm³/mol. The summed E-state index contributed by atoms with van der Waals surface area (Å²) in [7, 11) is 0. The third-order valence-electron chi connectivity index (χ3n) is 2.68. The number of aliphatic carboxylic acids is 1. The van der Waals surface area contributed by atoms with Gasteiger partial charge in [0.05, 0.1) is 0 Å². The Balaban J connectivity index is 2.46. The molecule has 0 saturated heterocycles. The largest absolute Gasteiger partial charge is 0.480 e. The van der Waals surface area contributed by atoms with Gasteiger partial charge in [0, 0.05) is 12.6 Å². The molecule has 0 unspecified atom stereocenters. The van der Waals surface area contributed by atoms with E-state index >= 15 is 0 Å². The van der Waals surface area contributed by atoms with Crippen LogP contribution < -0.4 is 5.73 Å². The second-order valence-corrected chi connectivity index (χ2v) is 4.02. The highest BCUT2D eigenvalue weighted by Gasteiger charge is 2.20. The van der Waals surface area contributed by atoms with Crippen LogP contribution in [0.3, 0.4) is 0 Å². The number of pyridine rings is 1. The van der Waals surface area contributed by atoms with E-state index in [4.69, 9.17) is 10.8 Å². The van der Waals surface area contributed by atoms with Crippen molar-refractivity contribution in [3.05, 3.63) is 30.1 Å². The van der Waals surface area contributed by atoms with Gasteiger partial charge in [0.1, 0.15) is 11.7 Å². The molecule has 2 atom stereocenters. The first-order valence-electron chi connectivity index (χ1n) is 5.45. The molecule has 1 rings (SSSR count). The van der Waals surface area contributed by atoms with Gasteiger partial charge in [-0.1, -0.05) is 13.0 Å². The van der Waals surface area contributed by atoms with Gasteiger partial charge in [0.25, 0.3) is 0 Å². The molecule has 1 aromatic rings. The van der Waals surface area contributed by atoms with Crippen LogP contribution in [0.25, 0.3) is 0 Å². The first-order chi connectivity index (χ1) is 8.02. The summed E-state index contributed by atoms with van der Waals surface area (Å²) >= 11 is 0. The molecule has 92 valence electrons. The van der Waals surface area contributed by atoms with Crippen LogP contribution in [0, 0.1) is 5.92 Å². The molecule has 0 spiro atoms. The smallest absolute Gasteiger partial charge is 0.320 e. The molecule has 1 aromatic heterocycles. The van der Waals surface area contributed by atoms with Crippen LogP contribution in [0.5, 0.6) is 0 Å². The molecule has 0 aromatic carbocycles. The Bertz CT molecular complexity index is 392. The fourth-order valence-corrected chi connectivity index (χ4v) is 1.44. The van der Waals surface area contributed by atoms with Crippen molar-refractivity contribution in [2.75, 3.05) is 0 Å². The SMILES string of the molecule is C[C@@H](CCC(=O)c1ccccn1)[C@H](N)C(=O)O. The molecule has 0 aliphatic heterocycles. The van der Waals surface area contributed by atoms with Gasteiger partial charge < -0.3 is 10.8 Å². The minimum atomic E-state index is -1.04. The molecule has 0 bridgehead atoms. The third kappa shape index (κ3) is 3.96. The Morgan fingerprint density at radius 2 is 2.18 bits per heavy atom. The minimum absolute atomic E-state index is 0.0879. The zero-order chi connectivity index (χ0) is 12.8. The maximum atomic E-state index is 11.7. The summed E-state index contributed by atoms with van der Waals surface area (Å²) in [6.45, 7) is 1.73. The maximum Gasteiger partial charge on any atom is 0.320 e. The van der Waals surface area contributed by atoms with Gasteiger partial charge in [0.2, 0.25) is 0 Å². The maximum absolute atomic E-state index is 11.7. The predicted octanol–water partition coefficient (Wildman–Crippen LogP) is 1.09. The van der Waals surface area contributed by atoms with Gasteiger partial charge in [0.15, 0.2) is 5.78 Å². The van der Waals surface area contributed by atoms with Gasteiger partial charge >= 0.3 is 5.97 Å². The molecule has 5 heteroatoms. The van der Waals surface area contributed by atoms with Crippen molar-refractivity contribution in [1.29, 1.82) is 0 Å². The summed E-state index contributed by atoms with van der Waals surface area (Å²) in [6, 6.07) is 4.20. The van der Waals surface area contributed by atoms with E-state index in [9.17, 15) is 9.59 Å². The zero-order valence-corrected chi connectivity index (χ0v) is 9.67. The number of aromatic nitrogens is 1. The number of carboxylic acids is 1. The number of hydrogen-bond acceptors (Lipinski definition) is 4. The molecule has 0 aliphatic carbocycles. The van der Waals surface area contributed by atoms with Crippen molar-refractivity contribution in [2.45, 2.75) is 25.8 Å². The number of carboxylic acid groups (broad SMARTS) is 1. The summed E-state index contributed by atoms with van der Waals surface area (Å²) in [5, 5.41) is 8.71. The minimum Gasteiger partial charge on any atom is -0.480 e. The highest BCUT2D eigenvalue weighted by molar-refractivity contribution is 5.94. The Morgan fingerprint density at radius 3 is 2.71 bits per heavy atom. The highest BCUT2D eigenvalue weighted by Crippen LogP contribution is 2.12. The van der Waals surface area contributed by atoms with Crippen molar-refractivity contribution >= 4 is 11.8 Å². The first kappa shape index (κ1) is 13.3. The fraction of sp³-hybridized carbons (Fsp3) is 0.417. The molecule has 17 heavy (non-hydrogen) atoms. The third-order valence-corrected chi connectivity index (χ3v) is 2.68. The average Bonchev–Trinajstić information content (AvgIpc) is 2.35. The number of Topliss-reactive ketones (excluding diaryl/α,β-unsaturated/α-hetero) is 1. The van der Waals surface area contributed by atoms with Crippen LogP contribution in [0.2, 0.25) is 0 Å². The van der Waals surface area contributed by atoms with Crippen LogP contribution >= 0.6 is 0 Å². The lowest BCUT2D eigenvalue weighted by atomic mass is 9.95. The monoisotopic (exact) mass is 236 g/mol. The summed E-state index contributed by atoms with van der Waals surface area (Å²) < 4.78 is 0. The zero-order valence-electron chi connectivity index (χ0n) is 9.67. The molecule has 5 nitrogen and oxygen atoms in total. The van der Waals surface area contributed by atoms with Crippen molar-refractivity contribution < 1.29 is 14.7 Å². The van der Waals surface area contributed by atoms with E-state index in [-0.39, 0.29) is 18.1 Å². The van der Waals surface area contributed by atoms with Crippen LogP contribution in [-0.4, -0.2) is 27.9 Å². The van der Waals surface area contributed by atoms with E-state index in [0.717, 1.165) is 0 Å². The fourth-order valence-electron chi connectivity index (χ4n) is 1.44. The second kappa shape index (κ2) is 6.10. The van der Waals surface area contributed by atoms with Crippen molar-refractivity contribution in [3.63, 3.8) is 0 Å². The molecule has 0 fully saturated rings. The Hall–Kier alpha value is -1.75. The van der Waals surface area contributed by atoms with Gasteiger partial charge in [-0.15, -0.1) is 0 Å². The second-order valence-electron chi connectivity index (χ2n) is 4.02. The van der Waals surface area contributed by atoms with E-state index < -0.39 is 12.0 Å². The van der Waals surface area contributed by atoms with Crippen LogP contribution in [0.1, 0.15) is 30.3 Å². The number of rotatable bonds is 6. The first-order valence-corrected chi connectivity index (χ1v) is 5.45. The molecule has 0 aliphatic rings. The van der Waals surface area contributed by atoms with Crippen molar-refractivity contribution in [1.82, 2.24) is 4.98 Å². The van der Waals surface area contributed by atoms with E-state index in [2.05, 4.69) is 4.98 Å². The molecule has 1 heterocycles. The van der Waals surface area contributed by atoms with E-state index in [0.29, 0.717) is 12.1 Å². The van der Waals surface area contributed by atoms with Crippen LogP contribution in [0.15, 0.2) is 24.4 Å². The highest BCUT2D eigenvalue weighted by atomic mass is 16.4.